The maximum absolute atomic E-state index is 12.9. The minimum atomic E-state index is -3.52. The van der Waals surface area contributed by atoms with Crippen molar-refractivity contribution in [1.82, 2.24) is 14.9 Å². The van der Waals surface area contributed by atoms with Crippen LogP contribution in [0.2, 0.25) is 4.34 Å². The zero-order valence-electron chi connectivity index (χ0n) is 16.8. The number of fused-ring (bicyclic) bond motifs is 1. The molecule has 1 spiro atoms. The molecule has 0 aliphatic carbocycles. The fraction of sp³-hybridized carbons (Fsp3) is 0.450. The van der Waals surface area contributed by atoms with Gasteiger partial charge in [-0.2, -0.15) is 4.31 Å². The molecule has 8 nitrogen and oxygen atoms in total. The van der Waals surface area contributed by atoms with Crippen molar-refractivity contribution in [2.24, 2.45) is 4.99 Å². The number of hydrogen-bond donors (Lipinski definition) is 2. The molecule has 5 rings (SSSR count). The standard InChI is InChI=1S/C20H23ClN4O4S2/c21-17-3-4-18(30-17)31(26,27)25-9-5-20(6-10-25)19(22-7-8-24-20)23-12-14-1-2-15-16(11-14)29-13-28-15/h1-4,11,24H,5-10,12-13H2,(H,22,23). The Bertz CT molecular complexity index is 1110. The number of hydrogen-bond acceptors (Lipinski definition) is 8. The van der Waals surface area contributed by atoms with E-state index in [1.54, 1.807) is 16.4 Å². The minimum Gasteiger partial charge on any atom is -0.454 e. The summed E-state index contributed by atoms with van der Waals surface area (Å²) in [5, 5.41) is 7.09. The number of piperidine rings is 1. The Kier molecular flexibility index (Phi) is 5.59. The number of amidine groups is 1. The van der Waals surface area contributed by atoms with Crippen LogP contribution in [-0.4, -0.2) is 57.1 Å². The summed E-state index contributed by atoms with van der Waals surface area (Å²) in [5.74, 6) is 2.41. The normalized spacial score (nSPS) is 20.6. The Morgan fingerprint density at radius 1 is 1.19 bits per heavy atom. The van der Waals surface area contributed by atoms with Gasteiger partial charge in [0.15, 0.2) is 11.5 Å². The molecule has 3 aliphatic rings. The van der Waals surface area contributed by atoms with Crippen molar-refractivity contribution in [1.29, 1.82) is 0 Å². The first-order valence-electron chi connectivity index (χ1n) is 10.1. The number of aliphatic imine (C=N–C) groups is 1. The molecule has 0 saturated carbocycles. The van der Waals surface area contributed by atoms with Crippen LogP contribution in [0.25, 0.3) is 0 Å². The van der Waals surface area contributed by atoms with Gasteiger partial charge >= 0.3 is 0 Å². The van der Waals surface area contributed by atoms with Crippen molar-refractivity contribution < 1.29 is 17.9 Å². The molecule has 2 aromatic rings. The van der Waals surface area contributed by atoms with Crippen LogP contribution in [-0.2, 0) is 16.6 Å². The third kappa shape index (κ3) is 4.03. The molecule has 0 bridgehead atoms. The summed E-state index contributed by atoms with van der Waals surface area (Å²) in [6.07, 6.45) is 1.30. The van der Waals surface area contributed by atoms with E-state index in [0.29, 0.717) is 47.6 Å². The van der Waals surface area contributed by atoms with E-state index in [0.717, 1.165) is 40.8 Å². The third-order valence-corrected chi connectivity index (χ3v) is 9.51. The monoisotopic (exact) mass is 482 g/mol. The highest BCUT2D eigenvalue weighted by Crippen LogP contribution is 2.34. The molecule has 1 aromatic heterocycles. The number of nitrogens with zero attached hydrogens (tertiary/aromatic N) is 2. The topological polar surface area (TPSA) is 92.3 Å². The molecule has 11 heteroatoms. The second-order valence-electron chi connectivity index (χ2n) is 7.74. The minimum absolute atomic E-state index is 0.253. The smallest absolute Gasteiger partial charge is 0.252 e. The van der Waals surface area contributed by atoms with E-state index >= 15 is 0 Å². The van der Waals surface area contributed by atoms with Crippen LogP contribution in [0.5, 0.6) is 11.5 Å². The van der Waals surface area contributed by atoms with E-state index in [9.17, 15) is 8.42 Å². The fourth-order valence-corrected chi connectivity index (χ4v) is 7.32. The first kappa shape index (κ1) is 21.0. The van der Waals surface area contributed by atoms with Crippen molar-refractivity contribution in [2.45, 2.75) is 29.1 Å². The average Bonchev–Trinajstić information content (AvgIpc) is 3.42. The highest BCUT2D eigenvalue weighted by atomic mass is 35.5. The quantitative estimate of drug-likeness (QED) is 0.695. The molecule has 3 aliphatic heterocycles. The molecule has 0 atom stereocenters. The molecule has 1 fully saturated rings. The second-order valence-corrected chi connectivity index (χ2v) is 11.6. The van der Waals surface area contributed by atoms with Crippen LogP contribution >= 0.6 is 22.9 Å². The van der Waals surface area contributed by atoms with Crippen LogP contribution in [0.15, 0.2) is 39.5 Å². The number of rotatable bonds is 4. The predicted molar refractivity (Wildman–Crippen MR) is 120 cm³/mol. The van der Waals surface area contributed by atoms with Gasteiger partial charge in [0, 0.05) is 26.2 Å². The molecule has 2 N–H and O–H groups in total. The number of ether oxygens (including phenoxy) is 2. The van der Waals surface area contributed by atoms with E-state index in [4.69, 9.17) is 26.1 Å². The van der Waals surface area contributed by atoms with E-state index in [1.807, 2.05) is 18.2 Å². The first-order chi connectivity index (χ1) is 15.0. The largest absolute Gasteiger partial charge is 0.454 e. The lowest BCUT2D eigenvalue weighted by Gasteiger charge is -2.44. The summed E-state index contributed by atoms with van der Waals surface area (Å²) in [6, 6.07) is 9.09. The van der Waals surface area contributed by atoms with Crippen LogP contribution in [0.4, 0.5) is 0 Å². The lowest BCUT2D eigenvalue weighted by atomic mass is 9.85. The van der Waals surface area contributed by atoms with E-state index in [1.165, 1.54) is 0 Å². The molecule has 0 unspecified atom stereocenters. The summed E-state index contributed by atoms with van der Waals surface area (Å²) in [7, 11) is -3.52. The number of halogens is 1. The Hall–Kier alpha value is -1.85. The second kappa shape index (κ2) is 8.25. The Morgan fingerprint density at radius 2 is 2.00 bits per heavy atom. The Balaban J connectivity index is 1.27. The fourth-order valence-electron chi connectivity index (χ4n) is 4.25. The lowest BCUT2D eigenvalue weighted by molar-refractivity contribution is 0.174. The summed E-state index contributed by atoms with van der Waals surface area (Å²) in [6.45, 7) is 3.19. The van der Waals surface area contributed by atoms with Crippen molar-refractivity contribution in [3.63, 3.8) is 0 Å². The molecular weight excluding hydrogens is 460 g/mol. The van der Waals surface area contributed by atoms with Gasteiger partial charge in [-0.05, 0) is 42.7 Å². The zero-order chi connectivity index (χ0) is 21.5. The van der Waals surface area contributed by atoms with Gasteiger partial charge in [0.25, 0.3) is 10.0 Å². The van der Waals surface area contributed by atoms with Gasteiger partial charge in [0.2, 0.25) is 6.79 Å². The molecule has 1 aromatic carbocycles. The zero-order valence-corrected chi connectivity index (χ0v) is 19.2. The predicted octanol–water partition coefficient (Wildman–Crippen LogP) is 2.45. The highest BCUT2D eigenvalue weighted by Gasteiger charge is 2.43. The molecule has 1 saturated heterocycles. The van der Waals surface area contributed by atoms with E-state index in [-0.39, 0.29) is 12.3 Å². The Labute approximate surface area is 190 Å². The molecule has 4 heterocycles. The van der Waals surface area contributed by atoms with Crippen LogP contribution in [0.3, 0.4) is 0 Å². The van der Waals surface area contributed by atoms with Gasteiger partial charge in [0.1, 0.15) is 10.0 Å². The number of thiophene rings is 1. The van der Waals surface area contributed by atoms with Gasteiger partial charge in [-0.1, -0.05) is 17.7 Å². The number of benzene rings is 1. The lowest BCUT2D eigenvalue weighted by Crippen LogP contribution is -2.64. The van der Waals surface area contributed by atoms with Crippen molar-refractivity contribution in [3.05, 3.63) is 40.2 Å². The number of nitrogens with one attached hydrogen (secondary N) is 2. The van der Waals surface area contributed by atoms with Crippen LogP contribution in [0, 0.1) is 0 Å². The van der Waals surface area contributed by atoms with Crippen molar-refractivity contribution >= 4 is 38.8 Å². The first-order valence-corrected chi connectivity index (χ1v) is 12.8. The Morgan fingerprint density at radius 3 is 2.77 bits per heavy atom. The summed E-state index contributed by atoms with van der Waals surface area (Å²) in [4.78, 5) is 4.75. The molecule has 0 radical (unpaired) electrons. The van der Waals surface area contributed by atoms with Crippen molar-refractivity contribution in [2.75, 3.05) is 33.0 Å². The average molecular weight is 483 g/mol. The third-order valence-electron chi connectivity index (χ3n) is 5.91. The van der Waals surface area contributed by atoms with Gasteiger partial charge in [-0.15, -0.1) is 11.3 Å². The van der Waals surface area contributed by atoms with Gasteiger partial charge < -0.3 is 20.1 Å². The number of sulfonamides is 1. The van der Waals surface area contributed by atoms with E-state index < -0.39 is 10.0 Å². The van der Waals surface area contributed by atoms with Crippen LogP contribution in [0.1, 0.15) is 18.4 Å². The summed E-state index contributed by atoms with van der Waals surface area (Å²) >= 11 is 7.04. The molecule has 0 amide bonds. The maximum Gasteiger partial charge on any atom is 0.252 e. The molecule has 31 heavy (non-hydrogen) atoms. The van der Waals surface area contributed by atoms with Gasteiger partial charge in [-0.25, -0.2) is 8.42 Å². The molecule has 166 valence electrons. The van der Waals surface area contributed by atoms with Gasteiger partial charge in [0.05, 0.1) is 16.4 Å². The summed E-state index contributed by atoms with van der Waals surface area (Å²) < 4.78 is 39.0. The van der Waals surface area contributed by atoms with Crippen LogP contribution < -0.4 is 20.1 Å². The summed E-state index contributed by atoms with van der Waals surface area (Å²) in [5.41, 5.74) is 0.732. The van der Waals surface area contributed by atoms with E-state index in [2.05, 4.69) is 10.6 Å². The van der Waals surface area contributed by atoms with Gasteiger partial charge in [-0.3, -0.25) is 4.99 Å². The highest BCUT2D eigenvalue weighted by molar-refractivity contribution is 7.91. The molecular formula is C20H23ClN4O4S2. The SMILES string of the molecule is O=S(=O)(c1ccc(Cl)s1)N1CCC2(CC1)NCCN=C2NCc1ccc2c(c1)OCO2. The maximum atomic E-state index is 12.9. The van der Waals surface area contributed by atoms with Crippen molar-refractivity contribution in [3.8, 4) is 11.5 Å².